The Bertz CT molecular complexity index is 904. The van der Waals surface area contributed by atoms with Crippen LogP contribution in [0.2, 0.25) is 0 Å². The van der Waals surface area contributed by atoms with Gasteiger partial charge in [0.15, 0.2) is 0 Å². The lowest BCUT2D eigenvalue weighted by molar-refractivity contribution is -0.144. The molecule has 0 unspecified atom stereocenters. The minimum absolute atomic E-state index is 0.0170. The van der Waals surface area contributed by atoms with Crippen LogP contribution in [-0.2, 0) is 20.8 Å². The molecule has 0 saturated carbocycles. The minimum Gasteiger partial charge on any atom is -0.347 e. The summed E-state index contributed by atoms with van der Waals surface area (Å²) in [6.07, 6.45) is 0.239. The van der Waals surface area contributed by atoms with Gasteiger partial charge in [0.1, 0.15) is 0 Å². The molecule has 0 atom stereocenters. The molecule has 1 N–H and O–H groups in total. The number of carbonyl (C=O) groups is 3. The van der Waals surface area contributed by atoms with Crippen LogP contribution in [0.1, 0.15) is 26.3 Å². The van der Waals surface area contributed by atoms with Crippen molar-refractivity contribution < 1.29 is 14.4 Å². The molecule has 0 aromatic heterocycles. The summed E-state index contributed by atoms with van der Waals surface area (Å²) in [7, 11) is 0. The van der Waals surface area contributed by atoms with Gasteiger partial charge in [-0.3, -0.25) is 14.4 Å². The first kappa shape index (κ1) is 20.8. The summed E-state index contributed by atoms with van der Waals surface area (Å²) in [6, 6.07) is 13.8. The lowest BCUT2D eigenvalue weighted by Gasteiger charge is -2.37. The molecule has 1 saturated heterocycles. The molecule has 6 heteroatoms. The standard InChI is InChI=1S/C23H29N3O3/c1-23(2,3)22(29)26-13-11-25(12-14-26)21(28)16-24-20(27)15-18-9-6-8-17-7-4-5-10-19(17)18/h4-10H,11-16H2,1-3H3,(H,24,27). The maximum Gasteiger partial charge on any atom is 0.242 e. The van der Waals surface area contributed by atoms with Crippen LogP contribution in [0.25, 0.3) is 10.8 Å². The SMILES string of the molecule is CC(C)(C)C(=O)N1CCN(C(=O)CNC(=O)Cc2cccc3ccccc23)CC1. The number of amides is 3. The molecule has 2 aromatic rings. The zero-order valence-electron chi connectivity index (χ0n) is 17.4. The Morgan fingerprint density at radius 1 is 0.897 bits per heavy atom. The summed E-state index contributed by atoms with van der Waals surface area (Å²) in [5.41, 5.74) is 0.532. The molecular formula is C23H29N3O3. The molecule has 154 valence electrons. The molecule has 29 heavy (non-hydrogen) atoms. The highest BCUT2D eigenvalue weighted by atomic mass is 16.2. The Labute approximate surface area is 171 Å². The van der Waals surface area contributed by atoms with Crippen molar-refractivity contribution in [2.24, 2.45) is 5.41 Å². The van der Waals surface area contributed by atoms with Crippen molar-refractivity contribution in [1.29, 1.82) is 0 Å². The lowest BCUT2D eigenvalue weighted by atomic mass is 9.94. The third kappa shape index (κ3) is 5.13. The fourth-order valence-corrected chi connectivity index (χ4v) is 3.60. The Morgan fingerprint density at radius 2 is 1.52 bits per heavy atom. The highest BCUT2D eigenvalue weighted by Crippen LogP contribution is 2.19. The van der Waals surface area contributed by atoms with Gasteiger partial charge in [0.25, 0.3) is 0 Å². The van der Waals surface area contributed by atoms with E-state index in [0.717, 1.165) is 16.3 Å². The summed E-state index contributed by atoms with van der Waals surface area (Å²) < 4.78 is 0. The summed E-state index contributed by atoms with van der Waals surface area (Å²) in [4.78, 5) is 40.7. The van der Waals surface area contributed by atoms with E-state index in [4.69, 9.17) is 0 Å². The monoisotopic (exact) mass is 395 g/mol. The van der Waals surface area contributed by atoms with Crippen LogP contribution in [-0.4, -0.2) is 60.2 Å². The van der Waals surface area contributed by atoms with Gasteiger partial charge in [-0.1, -0.05) is 63.2 Å². The van der Waals surface area contributed by atoms with Crippen LogP contribution in [0, 0.1) is 5.41 Å². The average molecular weight is 396 g/mol. The van der Waals surface area contributed by atoms with E-state index in [2.05, 4.69) is 5.32 Å². The van der Waals surface area contributed by atoms with E-state index in [1.54, 1.807) is 4.90 Å². The van der Waals surface area contributed by atoms with Crippen molar-refractivity contribution in [2.75, 3.05) is 32.7 Å². The number of carbonyl (C=O) groups excluding carboxylic acids is 3. The van der Waals surface area contributed by atoms with Crippen LogP contribution in [0.15, 0.2) is 42.5 Å². The number of piperazine rings is 1. The van der Waals surface area contributed by atoms with Gasteiger partial charge in [0, 0.05) is 31.6 Å². The first-order valence-corrected chi connectivity index (χ1v) is 10.1. The number of nitrogens with zero attached hydrogens (tertiary/aromatic N) is 2. The summed E-state index contributed by atoms with van der Waals surface area (Å²) in [5.74, 6) is -0.177. The molecule has 0 spiro atoms. The molecule has 3 rings (SSSR count). The molecule has 0 bridgehead atoms. The zero-order chi connectivity index (χ0) is 21.0. The van der Waals surface area contributed by atoms with Crippen molar-refractivity contribution in [2.45, 2.75) is 27.2 Å². The normalized spacial score (nSPS) is 14.7. The van der Waals surface area contributed by atoms with E-state index in [9.17, 15) is 14.4 Å². The molecule has 0 aliphatic carbocycles. The minimum atomic E-state index is -0.415. The highest BCUT2D eigenvalue weighted by Gasteiger charge is 2.30. The smallest absolute Gasteiger partial charge is 0.242 e. The molecular weight excluding hydrogens is 366 g/mol. The molecule has 1 aliphatic heterocycles. The van der Waals surface area contributed by atoms with E-state index in [1.807, 2.05) is 68.1 Å². The van der Waals surface area contributed by atoms with Crippen molar-refractivity contribution in [1.82, 2.24) is 15.1 Å². The van der Waals surface area contributed by atoms with E-state index in [0.29, 0.717) is 26.2 Å². The predicted molar refractivity (Wildman–Crippen MR) is 113 cm³/mol. The van der Waals surface area contributed by atoms with E-state index in [-0.39, 0.29) is 30.7 Å². The van der Waals surface area contributed by atoms with Crippen LogP contribution >= 0.6 is 0 Å². The molecule has 2 aromatic carbocycles. The number of hydrogen-bond donors (Lipinski definition) is 1. The third-order valence-corrected chi connectivity index (χ3v) is 5.23. The quantitative estimate of drug-likeness (QED) is 0.863. The van der Waals surface area contributed by atoms with Crippen molar-refractivity contribution in [3.05, 3.63) is 48.0 Å². The molecule has 3 amide bonds. The van der Waals surface area contributed by atoms with Crippen molar-refractivity contribution in [3.8, 4) is 0 Å². The number of nitrogens with one attached hydrogen (secondary N) is 1. The molecule has 1 fully saturated rings. The van der Waals surface area contributed by atoms with Gasteiger partial charge < -0.3 is 15.1 Å². The lowest BCUT2D eigenvalue weighted by Crippen LogP contribution is -2.54. The predicted octanol–water partition coefficient (Wildman–Crippen LogP) is 2.22. The number of rotatable bonds is 4. The topological polar surface area (TPSA) is 69.7 Å². The van der Waals surface area contributed by atoms with E-state index in [1.165, 1.54) is 0 Å². The average Bonchev–Trinajstić information content (AvgIpc) is 2.71. The Morgan fingerprint density at radius 3 is 2.21 bits per heavy atom. The second kappa shape index (κ2) is 8.64. The number of benzene rings is 2. The van der Waals surface area contributed by atoms with Crippen molar-refractivity contribution >= 4 is 28.5 Å². The first-order valence-electron chi connectivity index (χ1n) is 10.1. The third-order valence-electron chi connectivity index (χ3n) is 5.23. The second-order valence-corrected chi connectivity index (χ2v) is 8.51. The molecule has 1 heterocycles. The first-order chi connectivity index (χ1) is 13.8. The molecule has 1 aliphatic rings. The van der Waals surface area contributed by atoms with Crippen molar-refractivity contribution in [3.63, 3.8) is 0 Å². The Balaban J connectivity index is 1.48. The molecule has 6 nitrogen and oxygen atoms in total. The summed E-state index contributed by atoms with van der Waals surface area (Å²) in [6.45, 7) is 7.75. The van der Waals surface area contributed by atoms with Gasteiger partial charge in [-0.05, 0) is 16.3 Å². The fraction of sp³-hybridized carbons (Fsp3) is 0.435. The maximum atomic E-state index is 12.4. The van der Waals surface area contributed by atoms with Crippen LogP contribution in [0.4, 0.5) is 0 Å². The maximum absolute atomic E-state index is 12.4. The highest BCUT2D eigenvalue weighted by molar-refractivity contribution is 5.91. The Hall–Kier alpha value is -2.89. The largest absolute Gasteiger partial charge is 0.347 e. The van der Waals surface area contributed by atoms with Crippen LogP contribution in [0.5, 0.6) is 0 Å². The van der Waals surface area contributed by atoms with E-state index < -0.39 is 5.41 Å². The van der Waals surface area contributed by atoms with Gasteiger partial charge in [0.05, 0.1) is 13.0 Å². The van der Waals surface area contributed by atoms with Crippen LogP contribution < -0.4 is 5.32 Å². The molecule has 0 radical (unpaired) electrons. The fourth-order valence-electron chi connectivity index (χ4n) is 3.60. The second-order valence-electron chi connectivity index (χ2n) is 8.51. The van der Waals surface area contributed by atoms with Gasteiger partial charge in [0.2, 0.25) is 17.7 Å². The van der Waals surface area contributed by atoms with Gasteiger partial charge >= 0.3 is 0 Å². The summed E-state index contributed by atoms with van der Waals surface area (Å²) >= 11 is 0. The number of hydrogen-bond acceptors (Lipinski definition) is 3. The zero-order valence-corrected chi connectivity index (χ0v) is 17.4. The van der Waals surface area contributed by atoms with Gasteiger partial charge in [-0.15, -0.1) is 0 Å². The van der Waals surface area contributed by atoms with Gasteiger partial charge in [-0.2, -0.15) is 0 Å². The van der Waals surface area contributed by atoms with Gasteiger partial charge in [-0.25, -0.2) is 0 Å². The van der Waals surface area contributed by atoms with E-state index >= 15 is 0 Å². The Kier molecular flexibility index (Phi) is 6.20. The van der Waals surface area contributed by atoms with Crippen LogP contribution in [0.3, 0.4) is 0 Å². The summed E-state index contributed by atoms with van der Waals surface area (Å²) in [5, 5.41) is 4.89. The number of fused-ring (bicyclic) bond motifs is 1.